The van der Waals surface area contributed by atoms with Crippen molar-refractivity contribution in [3.63, 3.8) is 0 Å². The molecule has 86 valence electrons. The first kappa shape index (κ1) is 10.8. The predicted molar refractivity (Wildman–Crippen MR) is 68.0 cm³/mol. The van der Waals surface area contributed by atoms with E-state index in [1.165, 1.54) is 38.5 Å². The Labute approximate surface area is 100 Å². The van der Waals surface area contributed by atoms with Gasteiger partial charge < -0.3 is 5.11 Å². The third kappa shape index (κ3) is 2.07. The average Bonchev–Trinajstić information content (AvgIpc) is 2.15. The van der Waals surface area contributed by atoms with E-state index in [9.17, 15) is 0 Å². The summed E-state index contributed by atoms with van der Waals surface area (Å²) in [5.74, 6) is 4.07. The Morgan fingerprint density at radius 2 is 1.53 bits per heavy atom. The Bertz CT molecular complexity index is 206. The Hall–Kier alpha value is 0.660. The molecule has 4 fully saturated rings. The number of aliphatic hydroxyl groups excluding tert-OH is 1. The topological polar surface area (TPSA) is 20.2 Å². The molecule has 0 aromatic rings. The molecular weight excluding hydrogens is 224 g/mol. The second-order valence-corrected chi connectivity index (χ2v) is 8.61. The van der Waals surface area contributed by atoms with E-state index < -0.39 is 0 Å². The molecule has 0 aliphatic heterocycles. The zero-order chi connectivity index (χ0) is 10.3. The third-order valence-corrected chi connectivity index (χ3v) is 7.63. The minimum Gasteiger partial charge on any atom is -0.395 e. The Balaban J connectivity index is 1.65. The van der Waals surface area contributed by atoms with Crippen molar-refractivity contribution < 1.29 is 5.11 Å². The van der Waals surface area contributed by atoms with Crippen molar-refractivity contribution >= 4 is 21.6 Å². The maximum Gasteiger partial charge on any atom is 0.0530 e. The predicted octanol–water partition coefficient (Wildman–Crippen LogP) is 3.33. The largest absolute Gasteiger partial charge is 0.395 e. The second kappa shape index (κ2) is 4.15. The first-order valence-corrected chi connectivity index (χ1v) is 8.53. The first-order valence-electron chi connectivity index (χ1n) is 6.21. The van der Waals surface area contributed by atoms with Crippen LogP contribution in [0.5, 0.6) is 0 Å². The quantitative estimate of drug-likeness (QED) is 0.605. The van der Waals surface area contributed by atoms with E-state index in [2.05, 4.69) is 10.8 Å². The molecule has 0 heterocycles. The van der Waals surface area contributed by atoms with E-state index in [0.717, 1.165) is 23.5 Å². The molecule has 4 aliphatic carbocycles. The molecular formula is C12H20OS2. The van der Waals surface area contributed by atoms with Gasteiger partial charge in [-0.3, -0.25) is 0 Å². The van der Waals surface area contributed by atoms with Crippen molar-refractivity contribution in [2.75, 3.05) is 12.4 Å². The van der Waals surface area contributed by atoms with Crippen molar-refractivity contribution in [3.8, 4) is 0 Å². The van der Waals surface area contributed by atoms with Gasteiger partial charge in [-0.2, -0.15) is 0 Å². The van der Waals surface area contributed by atoms with Crippen molar-refractivity contribution in [2.24, 2.45) is 17.8 Å². The van der Waals surface area contributed by atoms with E-state index >= 15 is 0 Å². The summed E-state index contributed by atoms with van der Waals surface area (Å²) in [6.45, 7) is 0.337. The number of aliphatic hydroxyl groups is 1. The highest BCUT2D eigenvalue weighted by atomic mass is 33.1. The van der Waals surface area contributed by atoms with E-state index in [0.29, 0.717) is 11.4 Å². The second-order valence-electron chi connectivity index (χ2n) is 5.73. The van der Waals surface area contributed by atoms with Crippen LogP contribution in [0.1, 0.15) is 38.5 Å². The summed E-state index contributed by atoms with van der Waals surface area (Å²) < 4.78 is 0.620. The fourth-order valence-electron chi connectivity index (χ4n) is 4.34. The zero-order valence-corrected chi connectivity index (χ0v) is 10.8. The monoisotopic (exact) mass is 244 g/mol. The molecule has 0 saturated heterocycles. The van der Waals surface area contributed by atoms with Gasteiger partial charge in [0.15, 0.2) is 0 Å². The molecule has 4 rings (SSSR count). The molecule has 0 aromatic carbocycles. The highest BCUT2D eigenvalue weighted by Gasteiger charge is 2.51. The van der Waals surface area contributed by atoms with Crippen molar-refractivity contribution in [1.29, 1.82) is 0 Å². The van der Waals surface area contributed by atoms with Crippen LogP contribution in [0.3, 0.4) is 0 Å². The van der Waals surface area contributed by atoms with Crippen LogP contribution in [0.2, 0.25) is 0 Å². The van der Waals surface area contributed by atoms with Gasteiger partial charge in [0.1, 0.15) is 0 Å². The number of hydrogen-bond donors (Lipinski definition) is 1. The lowest BCUT2D eigenvalue weighted by molar-refractivity contribution is 0.0390. The van der Waals surface area contributed by atoms with Gasteiger partial charge >= 0.3 is 0 Å². The van der Waals surface area contributed by atoms with Gasteiger partial charge in [-0.25, -0.2) is 0 Å². The maximum atomic E-state index is 8.84. The molecule has 1 N–H and O–H groups in total. The summed E-state index contributed by atoms with van der Waals surface area (Å²) in [5, 5.41) is 8.84. The summed E-state index contributed by atoms with van der Waals surface area (Å²) in [5.41, 5.74) is 0. The minimum atomic E-state index is 0.337. The van der Waals surface area contributed by atoms with Gasteiger partial charge in [0.25, 0.3) is 0 Å². The molecule has 15 heavy (non-hydrogen) atoms. The average molecular weight is 244 g/mol. The SMILES string of the molecule is OCCSSC12CC3CC(CC(C3)C1)C2. The van der Waals surface area contributed by atoms with E-state index in [-0.39, 0.29) is 0 Å². The third-order valence-electron chi connectivity index (χ3n) is 4.39. The molecule has 4 bridgehead atoms. The highest BCUT2D eigenvalue weighted by Crippen LogP contribution is 2.62. The summed E-state index contributed by atoms with van der Waals surface area (Å²) in [4.78, 5) is 0. The van der Waals surface area contributed by atoms with Crippen LogP contribution in [-0.2, 0) is 0 Å². The summed E-state index contributed by atoms with van der Waals surface area (Å²) in [7, 11) is 4.02. The molecule has 0 spiro atoms. The van der Waals surface area contributed by atoms with Gasteiger partial charge in [-0.05, 0) is 56.3 Å². The molecule has 4 aliphatic rings. The fraction of sp³-hybridized carbons (Fsp3) is 1.00. The van der Waals surface area contributed by atoms with Gasteiger partial charge in [0.05, 0.1) is 6.61 Å². The summed E-state index contributed by atoms with van der Waals surface area (Å²) in [6.07, 6.45) is 9.02. The molecule has 4 saturated carbocycles. The molecule has 1 nitrogen and oxygen atoms in total. The van der Waals surface area contributed by atoms with Gasteiger partial charge in [-0.1, -0.05) is 21.6 Å². The van der Waals surface area contributed by atoms with Crippen molar-refractivity contribution in [1.82, 2.24) is 0 Å². The Morgan fingerprint density at radius 1 is 1.00 bits per heavy atom. The Morgan fingerprint density at radius 3 is 2.00 bits per heavy atom. The van der Waals surface area contributed by atoms with Crippen LogP contribution in [0, 0.1) is 17.8 Å². The van der Waals surface area contributed by atoms with E-state index in [1.807, 2.05) is 10.8 Å². The van der Waals surface area contributed by atoms with Gasteiger partial charge in [-0.15, -0.1) is 0 Å². The minimum absolute atomic E-state index is 0.337. The van der Waals surface area contributed by atoms with E-state index in [4.69, 9.17) is 5.11 Å². The Kier molecular flexibility index (Phi) is 2.99. The van der Waals surface area contributed by atoms with Crippen LogP contribution in [0.4, 0.5) is 0 Å². The molecule has 0 atom stereocenters. The lowest BCUT2D eigenvalue weighted by atomic mass is 9.56. The molecule has 3 heteroatoms. The summed E-state index contributed by atoms with van der Waals surface area (Å²) >= 11 is 0. The molecule has 0 aromatic heterocycles. The smallest absolute Gasteiger partial charge is 0.0530 e. The van der Waals surface area contributed by atoms with Crippen LogP contribution in [0.25, 0.3) is 0 Å². The highest BCUT2D eigenvalue weighted by molar-refractivity contribution is 8.77. The van der Waals surface area contributed by atoms with Crippen molar-refractivity contribution in [2.45, 2.75) is 43.3 Å². The van der Waals surface area contributed by atoms with Crippen molar-refractivity contribution in [3.05, 3.63) is 0 Å². The lowest BCUT2D eigenvalue weighted by Gasteiger charge is -2.56. The number of hydrogen-bond acceptors (Lipinski definition) is 3. The van der Waals surface area contributed by atoms with Crippen LogP contribution >= 0.6 is 21.6 Å². The standard InChI is InChI=1S/C12H20OS2/c13-1-2-14-15-12-6-9-3-10(7-12)5-11(4-9)8-12/h9-11,13H,1-8H2. The van der Waals surface area contributed by atoms with Gasteiger partial charge in [0, 0.05) is 10.5 Å². The fourth-order valence-corrected chi connectivity index (χ4v) is 7.49. The van der Waals surface area contributed by atoms with Crippen LogP contribution in [0.15, 0.2) is 0 Å². The van der Waals surface area contributed by atoms with Crippen LogP contribution < -0.4 is 0 Å². The number of rotatable bonds is 4. The molecule has 0 radical (unpaired) electrons. The zero-order valence-electron chi connectivity index (χ0n) is 9.15. The summed E-state index contributed by atoms with van der Waals surface area (Å²) in [6, 6.07) is 0. The first-order chi connectivity index (χ1) is 7.30. The molecule has 0 amide bonds. The normalized spacial score (nSPS) is 47.4. The lowest BCUT2D eigenvalue weighted by Crippen LogP contribution is -2.48. The van der Waals surface area contributed by atoms with Crippen LogP contribution in [-0.4, -0.2) is 22.2 Å². The van der Waals surface area contributed by atoms with E-state index in [1.54, 1.807) is 0 Å². The molecule has 0 unspecified atom stereocenters. The van der Waals surface area contributed by atoms with Gasteiger partial charge in [0.2, 0.25) is 0 Å². The maximum absolute atomic E-state index is 8.84.